The van der Waals surface area contributed by atoms with Gasteiger partial charge in [-0.05, 0) is 31.5 Å². The van der Waals surface area contributed by atoms with Gasteiger partial charge in [0.25, 0.3) is 5.91 Å². The SMILES string of the molecule is CCCNC(=O)[C@H](C)OC(=O)c1cc(Br)ccc1F. The van der Waals surface area contributed by atoms with Crippen molar-refractivity contribution in [2.75, 3.05) is 6.54 Å². The Morgan fingerprint density at radius 2 is 2.16 bits per heavy atom. The third-order valence-electron chi connectivity index (χ3n) is 2.35. The summed E-state index contributed by atoms with van der Waals surface area (Å²) in [6.45, 7) is 3.86. The molecule has 104 valence electrons. The van der Waals surface area contributed by atoms with Gasteiger partial charge in [0, 0.05) is 11.0 Å². The standard InChI is InChI=1S/C13H15BrFNO3/c1-3-6-16-12(17)8(2)19-13(18)10-7-9(14)4-5-11(10)15/h4-5,7-8H,3,6H2,1-2H3,(H,16,17)/t8-/m0/s1. The molecule has 1 atom stereocenters. The molecule has 0 aliphatic rings. The second-order valence-corrected chi connectivity index (χ2v) is 4.88. The van der Waals surface area contributed by atoms with Crippen molar-refractivity contribution in [1.29, 1.82) is 0 Å². The first-order valence-corrected chi connectivity index (χ1v) is 6.68. The highest BCUT2D eigenvalue weighted by molar-refractivity contribution is 9.10. The lowest BCUT2D eigenvalue weighted by molar-refractivity contribution is -0.129. The predicted molar refractivity (Wildman–Crippen MR) is 72.3 cm³/mol. The molecular formula is C13H15BrFNO3. The first-order chi connectivity index (χ1) is 8.95. The van der Waals surface area contributed by atoms with E-state index in [1.165, 1.54) is 19.1 Å². The van der Waals surface area contributed by atoms with Crippen molar-refractivity contribution in [3.05, 3.63) is 34.1 Å². The molecule has 4 nitrogen and oxygen atoms in total. The Bertz CT molecular complexity index is 479. The van der Waals surface area contributed by atoms with Crippen LogP contribution in [0.4, 0.5) is 4.39 Å². The summed E-state index contributed by atoms with van der Waals surface area (Å²) in [6, 6.07) is 3.94. The van der Waals surface area contributed by atoms with Crippen LogP contribution in [0.5, 0.6) is 0 Å². The zero-order chi connectivity index (χ0) is 14.4. The average molecular weight is 332 g/mol. The number of nitrogens with one attached hydrogen (secondary N) is 1. The average Bonchev–Trinajstić information content (AvgIpc) is 2.38. The van der Waals surface area contributed by atoms with Crippen LogP contribution in [0.1, 0.15) is 30.6 Å². The molecule has 1 amide bonds. The molecule has 0 fully saturated rings. The summed E-state index contributed by atoms with van der Waals surface area (Å²) >= 11 is 3.14. The number of carbonyl (C=O) groups is 2. The van der Waals surface area contributed by atoms with Gasteiger partial charge in [-0.1, -0.05) is 22.9 Å². The van der Waals surface area contributed by atoms with Crippen LogP contribution in [0, 0.1) is 5.82 Å². The van der Waals surface area contributed by atoms with Crippen LogP contribution in [0.15, 0.2) is 22.7 Å². The van der Waals surface area contributed by atoms with Crippen molar-refractivity contribution in [3.8, 4) is 0 Å². The van der Waals surface area contributed by atoms with Crippen molar-refractivity contribution >= 4 is 27.8 Å². The van der Waals surface area contributed by atoms with E-state index in [0.29, 0.717) is 11.0 Å². The van der Waals surface area contributed by atoms with E-state index in [1.54, 1.807) is 0 Å². The van der Waals surface area contributed by atoms with Crippen LogP contribution in [0.2, 0.25) is 0 Å². The third kappa shape index (κ3) is 4.63. The second kappa shape index (κ2) is 7.23. The molecule has 19 heavy (non-hydrogen) atoms. The molecule has 1 aromatic rings. The lowest BCUT2D eigenvalue weighted by atomic mass is 10.2. The fraction of sp³-hybridized carbons (Fsp3) is 0.385. The Balaban J connectivity index is 2.68. The Morgan fingerprint density at radius 3 is 2.79 bits per heavy atom. The first-order valence-electron chi connectivity index (χ1n) is 5.89. The van der Waals surface area contributed by atoms with Crippen LogP contribution in [0.25, 0.3) is 0 Å². The Hall–Kier alpha value is -1.43. The summed E-state index contributed by atoms with van der Waals surface area (Å²) in [4.78, 5) is 23.3. The monoisotopic (exact) mass is 331 g/mol. The van der Waals surface area contributed by atoms with E-state index in [0.717, 1.165) is 12.5 Å². The highest BCUT2D eigenvalue weighted by Gasteiger charge is 2.20. The minimum absolute atomic E-state index is 0.204. The summed E-state index contributed by atoms with van der Waals surface area (Å²) in [5, 5.41) is 2.60. The van der Waals surface area contributed by atoms with Gasteiger partial charge in [0.15, 0.2) is 6.10 Å². The second-order valence-electron chi connectivity index (χ2n) is 3.96. The Labute approximate surface area is 119 Å². The maximum atomic E-state index is 13.5. The molecule has 0 aliphatic carbocycles. The number of halogens is 2. The predicted octanol–water partition coefficient (Wildman–Crippen LogP) is 2.66. The van der Waals surface area contributed by atoms with Gasteiger partial charge in [-0.2, -0.15) is 0 Å². The van der Waals surface area contributed by atoms with Crippen molar-refractivity contribution in [2.45, 2.75) is 26.4 Å². The van der Waals surface area contributed by atoms with E-state index >= 15 is 0 Å². The molecular weight excluding hydrogens is 317 g/mol. The lowest BCUT2D eigenvalue weighted by Gasteiger charge is -2.13. The van der Waals surface area contributed by atoms with Gasteiger partial charge >= 0.3 is 5.97 Å². The zero-order valence-corrected chi connectivity index (χ0v) is 12.3. The number of benzene rings is 1. The molecule has 1 N–H and O–H groups in total. The summed E-state index contributed by atoms with van der Waals surface area (Å²) in [6.07, 6.45) is -0.176. The molecule has 0 aliphatic heterocycles. The van der Waals surface area contributed by atoms with E-state index in [2.05, 4.69) is 21.2 Å². The highest BCUT2D eigenvalue weighted by Crippen LogP contribution is 2.17. The number of amides is 1. The fourth-order valence-corrected chi connectivity index (χ4v) is 1.68. The maximum absolute atomic E-state index is 13.5. The van der Waals surface area contributed by atoms with Crippen molar-refractivity contribution in [2.24, 2.45) is 0 Å². The van der Waals surface area contributed by atoms with Gasteiger partial charge in [0.2, 0.25) is 0 Å². The van der Waals surface area contributed by atoms with Gasteiger partial charge in [-0.15, -0.1) is 0 Å². The molecule has 0 radical (unpaired) electrons. The van der Waals surface area contributed by atoms with E-state index in [4.69, 9.17) is 4.74 Å². The summed E-state index contributed by atoms with van der Waals surface area (Å²) < 4.78 is 18.9. The van der Waals surface area contributed by atoms with Crippen molar-refractivity contribution in [3.63, 3.8) is 0 Å². The molecule has 0 saturated carbocycles. The molecule has 1 aromatic carbocycles. The van der Waals surface area contributed by atoms with Crippen LogP contribution in [0.3, 0.4) is 0 Å². The molecule has 0 spiro atoms. The number of esters is 1. The number of hydrogen-bond donors (Lipinski definition) is 1. The quantitative estimate of drug-likeness (QED) is 0.844. The molecule has 6 heteroatoms. The Kier molecular flexibility index (Phi) is 5.95. The summed E-state index contributed by atoms with van der Waals surface area (Å²) in [5.74, 6) is -1.95. The lowest BCUT2D eigenvalue weighted by Crippen LogP contribution is -2.36. The maximum Gasteiger partial charge on any atom is 0.341 e. The normalized spacial score (nSPS) is 11.8. The van der Waals surface area contributed by atoms with Crippen molar-refractivity contribution in [1.82, 2.24) is 5.32 Å². The van der Waals surface area contributed by atoms with Gasteiger partial charge in [0.1, 0.15) is 5.82 Å². The molecule has 0 saturated heterocycles. The van der Waals surface area contributed by atoms with Gasteiger partial charge < -0.3 is 10.1 Å². The minimum Gasteiger partial charge on any atom is -0.449 e. The van der Waals surface area contributed by atoms with Crippen molar-refractivity contribution < 1.29 is 18.7 Å². The molecule has 0 heterocycles. The molecule has 0 aromatic heterocycles. The highest BCUT2D eigenvalue weighted by atomic mass is 79.9. The Morgan fingerprint density at radius 1 is 1.47 bits per heavy atom. The van der Waals surface area contributed by atoms with E-state index in [9.17, 15) is 14.0 Å². The van der Waals surface area contributed by atoms with E-state index in [-0.39, 0.29) is 5.56 Å². The summed E-state index contributed by atoms with van der Waals surface area (Å²) in [5.41, 5.74) is -0.204. The largest absolute Gasteiger partial charge is 0.449 e. The van der Waals surface area contributed by atoms with Crippen LogP contribution >= 0.6 is 15.9 Å². The van der Waals surface area contributed by atoms with Crippen LogP contribution in [-0.2, 0) is 9.53 Å². The van der Waals surface area contributed by atoms with Gasteiger partial charge in [0.05, 0.1) is 5.56 Å². The summed E-state index contributed by atoms with van der Waals surface area (Å²) in [7, 11) is 0. The molecule has 0 unspecified atom stereocenters. The fourth-order valence-electron chi connectivity index (χ4n) is 1.32. The van der Waals surface area contributed by atoms with Gasteiger partial charge in [-0.25, -0.2) is 9.18 Å². The van der Waals surface area contributed by atoms with E-state index in [1.807, 2.05) is 6.92 Å². The molecule has 1 rings (SSSR count). The molecule has 0 bridgehead atoms. The first kappa shape index (κ1) is 15.6. The number of rotatable bonds is 5. The smallest absolute Gasteiger partial charge is 0.341 e. The van der Waals surface area contributed by atoms with E-state index < -0.39 is 23.8 Å². The number of ether oxygens (including phenoxy) is 1. The minimum atomic E-state index is -0.961. The van der Waals surface area contributed by atoms with Crippen LogP contribution < -0.4 is 5.32 Å². The third-order valence-corrected chi connectivity index (χ3v) is 2.84. The van der Waals surface area contributed by atoms with Gasteiger partial charge in [-0.3, -0.25) is 4.79 Å². The van der Waals surface area contributed by atoms with Crippen LogP contribution in [-0.4, -0.2) is 24.5 Å². The number of hydrogen-bond acceptors (Lipinski definition) is 3. The zero-order valence-electron chi connectivity index (χ0n) is 10.7. The number of carbonyl (C=O) groups excluding carboxylic acids is 2. The topological polar surface area (TPSA) is 55.4 Å².